The average molecular weight is 226 g/mol. The van der Waals surface area contributed by atoms with E-state index in [0.717, 1.165) is 19.5 Å². The van der Waals surface area contributed by atoms with Gasteiger partial charge in [-0.05, 0) is 39.3 Å². The third-order valence-electron chi connectivity index (χ3n) is 3.87. The van der Waals surface area contributed by atoms with Gasteiger partial charge in [-0.3, -0.25) is 14.6 Å². The molecule has 0 spiro atoms. The molecule has 2 atom stereocenters. The number of likely N-dealkylation sites (tertiary alicyclic amines) is 2. The Kier molecular flexibility index (Phi) is 3.82. The van der Waals surface area contributed by atoms with Crippen molar-refractivity contribution in [3.8, 4) is 0 Å². The highest BCUT2D eigenvalue weighted by atomic mass is 16.5. The van der Waals surface area contributed by atoms with Crippen LogP contribution in [-0.2, 0) is 9.53 Å². The third kappa shape index (κ3) is 2.38. The van der Waals surface area contributed by atoms with Gasteiger partial charge in [0.1, 0.15) is 6.04 Å². The van der Waals surface area contributed by atoms with E-state index in [1.807, 2.05) is 0 Å². The first-order chi connectivity index (χ1) is 7.72. The molecule has 0 aromatic rings. The van der Waals surface area contributed by atoms with Gasteiger partial charge in [-0.25, -0.2) is 0 Å². The SMILES string of the molecule is COC(=O)C1CCN1CC(C)N1CCCC1. The number of ether oxygens (including phenoxy) is 1. The summed E-state index contributed by atoms with van der Waals surface area (Å²) in [4.78, 5) is 16.2. The molecule has 0 N–H and O–H groups in total. The first kappa shape index (κ1) is 11.9. The Bertz CT molecular complexity index is 251. The van der Waals surface area contributed by atoms with Gasteiger partial charge in [0, 0.05) is 19.1 Å². The second-order valence-corrected chi connectivity index (χ2v) is 4.91. The summed E-state index contributed by atoms with van der Waals surface area (Å²) in [6.07, 6.45) is 3.61. The molecule has 0 radical (unpaired) electrons. The van der Waals surface area contributed by atoms with Crippen LogP contribution in [0.5, 0.6) is 0 Å². The predicted octanol–water partition coefficient (Wildman–Crippen LogP) is 0.718. The Morgan fingerprint density at radius 3 is 2.56 bits per heavy atom. The molecule has 0 aliphatic carbocycles. The summed E-state index contributed by atoms with van der Waals surface area (Å²) in [6, 6.07) is 0.588. The standard InChI is InChI=1S/C12H22N2O2/c1-10(13-6-3-4-7-13)9-14-8-5-11(14)12(15)16-2/h10-11H,3-9H2,1-2H3. The Morgan fingerprint density at radius 1 is 1.38 bits per heavy atom. The summed E-state index contributed by atoms with van der Waals surface area (Å²) in [7, 11) is 1.47. The molecule has 2 rings (SSSR count). The second-order valence-electron chi connectivity index (χ2n) is 4.91. The summed E-state index contributed by atoms with van der Waals surface area (Å²) in [5.41, 5.74) is 0. The molecular formula is C12H22N2O2. The fourth-order valence-electron chi connectivity index (χ4n) is 2.70. The molecule has 2 heterocycles. The zero-order chi connectivity index (χ0) is 11.5. The number of carbonyl (C=O) groups excluding carboxylic acids is 1. The summed E-state index contributed by atoms with van der Waals surface area (Å²) in [5.74, 6) is -0.0696. The van der Waals surface area contributed by atoms with Crippen LogP contribution in [0, 0.1) is 0 Å². The molecule has 2 aliphatic rings. The summed E-state index contributed by atoms with van der Waals surface area (Å²) < 4.78 is 4.80. The number of hydrogen-bond donors (Lipinski definition) is 0. The summed E-state index contributed by atoms with van der Waals surface area (Å²) >= 11 is 0. The highest BCUT2D eigenvalue weighted by Gasteiger charge is 2.36. The summed E-state index contributed by atoms with van der Waals surface area (Å²) in [6.45, 7) is 6.74. The minimum Gasteiger partial charge on any atom is -0.468 e. The number of carbonyl (C=O) groups is 1. The van der Waals surface area contributed by atoms with Crippen LogP contribution in [0.1, 0.15) is 26.2 Å². The van der Waals surface area contributed by atoms with Crippen molar-refractivity contribution < 1.29 is 9.53 Å². The molecule has 4 nitrogen and oxygen atoms in total. The third-order valence-corrected chi connectivity index (χ3v) is 3.87. The van der Waals surface area contributed by atoms with Crippen LogP contribution in [0.4, 0.5) is 0 Å². The van der Waals surface area contributed by atoms with Crippen molar-refractivity contribution >= 4 is 5.97 Å². The lowest BCUT2D eigenvalue weighted by atomic mass is 10.0. The molecule has 2 fully saturated rings. The fraction of sp³-hybridized carbons (Fsp3) is 0.917. The Labute approximate surface area is 97.5 Å². The maximum absolute atomic E-state index is 11.4. The number of methoxy groups -OCH3 is 1. The van der Waals surface area contributed by atoms with Crippen LogP contribution >= 0.6 is 0 Å². The lowest BCUT2D eigenvalue weighted by Gasteiger charge is -2.41. The number of hydrogen-bond acceptors (Lipinski definition) is 4. The van der Waals surface area contributed by atoms with E-state index in [-0.39, 0.29) is 12.0 Å². The maximum atomic E-state index is 11.4. The molecule has 92 valence electrons. The number of esters is 1. The molecule has 2 aliphatic heterocycles. The van der Waals surface area contributed by atoms with Crippen LogP contribution in [-0.4, -0.2) is 61.1 Å². The van der Waals surface area contributed by atoms with Crippen molar-refractivity contribution in [3.63, 3.8) is 0 Å². The van der Waals surface area contributed by atoms with E-state index in [9.17, 15) is 4.79 Å². The second kappa shape index (κ2) is 5.15. The maximum Gasteiger partial charge on any atom is 0.323 e. The van der Waals surface area contributed by atoms with Gasteiger partial charge in [-0.1, -0.05) is 0 Å². The van der Waals surface area contributed by atoms with E-state index in [1.165, 1.54) is 33.0 Å². The van der Waals surface area contributed by atoms with Crippen LogP contribution in [0.15, 0.2) is 0 Å². The van der Waals surface area contributed by atoms with Crippen LogP contribution in [0.3, 0.4) is 0 Å². The van der Waals surface area contributed by atoms with Gasteiger partial charge in [0.15, 0.2) is 0 Å². The molecule has 0 aromatic heterocycles. The zero-order valence-corrected chi connectivity index (χ0v) is 10.3. The summed E-state index contributed by atoms with van der Waals surface area (Å²) in [5, 5.41) is 0. The van der Waals surface area contributed by atoms with Crippen LogP contribution in [0.25, 0.3) is 0 Å². The first-order valence-corrected chi connectivity index (χ1v) is 6.28. The van der Waals surface area contributed by atoms with E-state index in [1.54, 1.807) is 0 Å². The van der Waals surface area contributed by atoms with E-state index in [0.29, 0.717) is 6.04 Å². The molecule has 0 bridgehead atoms. The molecular weight excluding hydrogens is 204 g/mol. The van der Waals surface area contributed by atoms with Gasteiger partial charge in [-0.2, -0.15) is 0 Å². The lowest BCUT2D eigenvalue weighted by Crippen LogP contribution is -2.56. The highest BCUT2D eigenvalue weighted by molar-refractivity contribution is 5.76. The van der Waals surface area contributed by atoms with E-state index in [4.69, 9.17) is 4.74 Å². The van der Waals surface area contributed by atoms with Gasteiger partial charge in [-0.15, -0.1) is 0 Å². The number of nitrogens with zero attached hydrogens (tertiary/aromatic N) is 2. The molecule has 4 heteroatoms. The van der Waals surface area contributed by atoms with Gasteiger partial charge < -0.3 is 4.74 Å². The smallest absolute Gasteiger partial charge is 0.323 e. The first-order valence-electron chi connectivity index (χ1n) is 6.28. The molecule has 16 heavy (non-hydrogen) atoms. The van der Waals surface area contributed by atoms with Gasteiger partial charge in [0.25, 0.3) is 0 Å². The van der Waals surface area contributed by atoms with E-state index >= 15 is 0 Å². The number of rotatable bonds is 4. The normalized spacial score (nSPS) is 28.8. The Hall–Kier alpha value is -0.610. The fourth-order valence-corrected chi connectivity index (χ4v) is 2.70. The van der Waals surface area contributed by atoms with Crippen molar-refractivity contribution in [1.29, 1.82) is 0 Å². The van der Waals surface area contributed by atoms with Crippen molar-refractivity contribution in [2.75, 3.05) is 33.3 Å². The monoisotopic (exact) mass is 226 g/mol. The molecule has 0 aromatic carbocycles. The molecule has 2 saturated heterocycles. The highest BCUT2D eigenvalue weighted by Crippen LogP contribution is 2.21. The van der Waals surface area contributed by atoms with Gasteiger partial charge in [0.05, 0.1) is 7.11 Å². The topological polar surface area (TPSA) is 32.8 Å². The minimum absolute atomic E-state index is 0.0232. The zero-order valence-electron chi connectivity index (χ0n) is 10.3. The van der Waals surface area contributed by atoms with E-state index < -0.39 is 0 Å². The average Bonchev–Trinajstić information content (AvgIpc) is 2.77. The largest absolute Gasteiger partial charge is 0.468 e. The van der Waals surface area contributed by atoms with Gasteiger partial charge >= 0.3 is 5.97 Å². The quantitative estimate of drug-likeness (QED) is 0.661. The van der Waals surface area contributed by atoms with Crippen molar-refractivity contribution in [3.05, 3.63) is 0 Å². The van der Waals surface area contributed by atoms with Crippen molar-refractivity contribution in [2.45, 2.75) is 38.3 Å². The molecule has 0 amide bonds. The molecule has 0 saturated carbocycles. The van der Waals surface area contributed by atoms with Crippen molar-refractivity contribution in [1.82, 2.24) is 9.80 Å². The van der Waals surface area contributed by atoms with Crippen LogP contribution < -0.4 is 0 Å². The predicted molar refractivity (Wildman–Crippen MR) is 62.3 cm³/mol. The van der Waals surface area contributed by atoms with Crippen LogP contribution in [0.2, 0.25) is 0 Å². The van der Waals surface area contributed by atoms with Gasteiger partial charge in [0.2, 0.25) is 0 Å². The molecule has 2 unspecified atom stereocenters. The van der Waals surface area contributed by atoms with Crippen molar-refractivity contribution in [2.24, 2.45) is 0 Å². The minimum atomic E-state index is -0.0696. The van der Waals surface area contributed by atoms with E-state index in [2.05, 4.69) is 16.7 Å². The Balaban J connectivity index is 1.78. The lowest BCUT2D eigenvalue weighted by molar-refractivity contribution is -0.152. The Morgan fingerprint density at radius 2 is 2.06 bits per heavy atom.